The lowest BCUT2D eigenvalue weighted by Gasteiger charge is -2.25. The molecule has 5 rings (SSSR count). The van der Waals surface area contributed by atoms with Crippen LogP contribution < -0.4 is 15.5 Å². The van der Waals surface area contributed by atoms with Crippen LogP contribution in [0.5, 0.6) is 0 Å². The van der Waals surface area contributed by atoms with Gasteiger partial charge in [-0.2, -0.15) is 0 Å². The maximum absolute atomic E-state index is 13.9. The van der Waals surface area contributed by atoms with Crippen molar-refractivity contribution in [1.82, 2.24) is 10.2 Å². The van der Waals surface area contributed by atoms with Gasteiger partial charge in [-0.15, -0.1) is 10.2 Å². The molecule has 0 radical (unpaired) electrons. The van der Waals surface area contributed by atoms with Crippen LogP contribution in [0.25, 0.3) is 11.1 Å². The van der Waals surface area contributed by atoms with Crippen LogP contribution in [-0.2, 0) is 0 Å². The Morgan fingerprint density at radius 1 is 1.03 bits per heavy atom. The highest BCUT2D eigenvalue weighted by atomic mass is 32.1. The number of rotatable bonds is 7. The van der Waals surface area contributed by atoms with Crippen molar-refractivity contribution in [3.8, 4) is 11.1 Å². The zero-order valence-electron chi connectivity index (χ0n) is 20.1. The van der Waals surface area contributed by atoms with E-state index < -0.39 is 5.91 Å². The number of amides is 2. The van der Waals surface area contributed by atoms with E-state index in [9.17, 15) is 9.59 Å². The summed E-state index contributed by atoms with van der Waals surface area (Å²) in [5.41, 5.74) is 9.20. The van der Waals surface area contributed by atoms with Crippen molar-refractivity contribution in [2.75, 3.05) is 16.3 Å². The number of aryl methyl sites for hydroxylation is 1. The molecular weight excluding hydrogens is 458 g/mol. The molecule has 7 nitrogen and oxygen atoms in total. The summed E-state index contributed by atoms with van der Waals surface area (Å²) in [4.78, 5) is 29.3. The van der Waals surface area contributed by atoms with Gasteiger partial charge in [-0.1, -0.05) is 47.8 Å². The van der Waals surface area contributed by atoms with Crippen molar-refractivity contribution >= 4 is 33.4 Å². The van der Waals surface area contributed by atoms with Gasteiger partial charge in [0.1, 0.15) is 0 Å². The van der Waals surface area contributed by atoms with E-state index in [1.54, 1.807) is 17.0 Å². The van der Waals surface area contributed by atoms with Gasteiger partial charge in [0.25, 0.3) is 5.91 Å². The molecule has 2 aliphatic rings. The van der Waals surface area contributed by atoms with Crippen molar-refractivity contribution in [3.05, 3.63) is 71.3 Å². The maximum atomic E-state index is 13.9. The summed E-state index contributed by atoms with van der Waals surface area (Å²) in [6.45, 7) is 6.87. The lowest BCUT2D eigenvalue weighted by Crippen LogP contribution is -2.33. The molecule has 2 N–H and O–H groups in total. The van der Waals surface area contributed by atoms with Gasteiger partial charge >= 0.3 is 0 Å². The third-order valence-electron chi connectivity index (χ3n) is 6.75. The first-order chi connectivity index (χ1) is 16.8. The van der Waals surface area contributed by atoms with E-state index in [0.717, 1.165) is 34.7 Å². The average Bonchev–Trinajstić information content (AvgIpc) is 3.45. The second kappa shape index (κ2) is 9.26. The van der Waals surface area contributed by atoms with Crippen LogP contribution in [0.3, 0.4) is 0 Å². The van der Waals surface area contributed by atoms with Crippen molar-refractivity contribution in [1.29, 1.82) is 0 Å². The summed E-state index contributed by atoms with van der Waals surface area (Å²) in [6.07, 6.45) is 6.60. The van der Waals surface area contributed by atoms with E-state index in [-0.39, 0.29) is 18.0 Å². The molecule has 2 heterocycles. The number of primary amides is 1. The highest BCUT2D eigenvalue weighted by molar-refractivity contribution is 7.19. The van der Waals surface area contributed by atoms with Crippen LogP contribution >= 0.6 is 11.3 Å². The maximum Gasteiger partial charge on any atom is 0.260 e. The number of aromatic nitrogens is 2. The molecule has 0 saturated heterocycles. The molecule has 1 aliphatic carbocycles. The average molecular weight is 488 g/mol. The molecule has 0 bridgehead atoms. The lowest BCUT2D eigenvalue weighted by atomic mass is 9.98. The summed E-state index contributed by atoms with van der Waals surface area (Å²) in [5, 5.41) is 10.4. The number of benzene rings is 2. The number of anilines is 2. The van der Waals surface area contributed by atoms with Gasteiger partial charge in [0.2, 0.25) is 16.2 Å². The Kier molecular flexibility index (Phi) is 6.15. The largest absolute Gasteiger partial charge is 0.366 e. The Bertz CT molecular complexity index is 1280. The smallest absolute Gasteiger partial charge is 0.260 e. The summed E-state index contributed by atoms with van der Waals surface area (Å²) < 4.78 is 0. The molecule has 2 amide bonds. The second-order valence-electron chi connectivity index (χ2n) is 9.47. The van der Waals surface area contributed by atoms with Crippen LogP contribution in [0.4, 0.5) is 10.3 Å². The van der Waals surface area contributed by atoms with Gasteiger partial charge in [0, 0.05) is 29.8 Å². The standard InChI is InChI=1S/C27H29N5O2S/c1-16-4-9-22(20-10-12-21(13-11-20)24(28)33)14-23(16)25(34)31(15-19-7-8-19)26-29-30-27(35-26)32-17(2)5-6-18(32)3/h4-6,9-14,17-19H,7-8,15H2,1-3H3,(H2,28,33). The van der Waals surface area contributed by atoms with E-state index in [0.29, 0.717) is 28.7 Å². The minimum absolute atomic E-state index is 0.0617. The van der Waals surface area contributed by atoms with Crippen molar-refractivity contribution in [3.63, 3.8) is 0 Å². The topological polar surface area (TPSA) is 92.4 Å². The fourth-order valence-electron chi connectivity index (χ4n) is 4.46. The molecule has 2 unspecified atom stereocenters. The first kappa shape index (κ1) is 23.2. The Hall–Kier alpha value is -3.52. The minimum Gasteiger partial charge on any atom is -0.366 e. The zero-order valence-corrected chi connectivity index (χ0v) is 21.0. The Balaban J connectivity index is 1.46. The van der Waals surface area contributed by atoms with Crippen LogP contribution in [0.15, 0.2) is 54.6 Å². The van der Waals surface area contributed by atoms with E-state index in [1.165, 1.54) is 11.3 Å². The van der Waals surface area contributed by atoms with Gasteiger partial charge in [0.05, 0.1) is 0 Å². The zero-order chi connectivity index (χ0) is 24.7. The van der Waals surface area contributed by atoms with Gasteiger partial charge in [0.15, 0.2) is 0 Å². The van der Waals surface area contributed by atoms with E-state index in [4.69, 9.17) is 5.73 Å². The van der Waals surface area contributed by atoms with E-state index in [1.807, 2.05) is 37.3 Å². The third-order valence-corrected chi connectivity index (χ3v) is 7.71. The quantitative estimate of drug-likeness (QED) is 0.482. The number of hydrogen-bond donors (Lipinski definition) is 1. The van der Waals surface area contributed by atoms with Gasteiger partial charge in [-0.3, -0.25) is 14.5 Å². The number of hydrogen-bond acceptors (Lipinski definition) is 6. The Morgan fingerprint density at radius 2 is 1.69 bits per heavy atom. The molecule has 2 aromatic carbocycles. The summed E-state index contributed by atoms with van der Waals surface area (Å²) in [6, 6.07) is 13.5. The molecule has 3 aromatic rings. The van der Waals surface area contributed by atoms with Crippen LogP contribution in [0.1, 0.15) is 53.0 Å². The van der Waals surface area contributed by atoms with Gasteiger partial charge < -0.3 is 10.6 Å². The summed E-state index contributed by atoms with van der Waals surface area (Å²) in [7, 11) is 0. The Morgan fingerprint density at radius 3 is 2.31 bits per heavy atom. The van der Waals surface area contributed by atoms with Crippen molar-refractivity contribution in [2.45, 2.75) is 45.7 Å². The predicted molar refractivity (Wildman–Crippen MR) is 140 cm³/mol. The fourth-order valence-corrected chi connectivity index (χ4v) is 5.49. The lowest BCUT2D eigenvalue weighted by molar-refractivity contribution is 0.0981. The Labute approximate surface area is 209 Å². The second-order valence-corrected chi connectivity index (χ2v) is 10.4. The summed E-state index contributed by atoms with van der Waals surface area (Å²) in [5.74, 6) is -0.0206. The minimum atomic E-state index is -0.461. The normalized spacial score (nSPS) is 19.2. The highest BCUT2D eigenvalue weighted by Crippen LogP contribution is 2.37. The van der Waals surface area contributed by atoms with Crippen LogP contribution in [0, 0.1) is 12.8 Å². The highest BCUT2D eigenvalue weighted by Gasteiger charge is 2.32. The fraction of sp³-hybridized carbons (Fsp3) is 0.333. The molecule has 2 atom stereocenters. The molecule has 0 spiro atoms. The number of carbonyl (C=O) groups is 2. The van der Waals surface area contributed by atoms with E-state index in [2.05, 4.69) is 41.1 Å². The SMILES string of the molecule is Cc1ccc(-c2ccc(C(N)=O)cc2)cc1C(=O)N(CC1CC1)c1nnc(N2C(C)C=CC2C)s1. The molecule has 1 aromatic heterocycles. The molecular formula is C27H29N5O2S. The predicted octanol–water partition coefficient (Wildman–Crippen LogP) is 4.82. The monoisotopic (exact) mass is 487 g/mol. The van der Waals surface area contributed by atoms with Crippen LogP contribution in [0.2, 0.25) is 0 Å². The van der Waals surface area contributed by atoms with Crippen molar-refractivity contribution in [2.24, 2.45) is 11.7 Å². The molecule has 8 heteroatoms. The number of nitrogens with two attached hydrogens (primary N) is 1. The number of carbonyl (C=O) groups excluding carboxylic acids is 2. The number of nitrogens with zero attached hydrogens (tertiary/aromatic N) is 4. The van der Waals surface area contributed by atoms with Crippen molar-refractivity contribution < 1.29 is 9.59 Å². The molecule has 1 aliphatic heterocycles. The third kappa shape index (κ3) is 4.71. The first-order valence-corrected chi connectivity index (χ1v) is 12.8. The first-order valence-electron chi connectivity index (χ1n) is 11.9. The molecule has 1 saturated carbocycles. The van der Waals surface area contributed by atoms with Gasteiger partial charge in [-0.25, -0.2) is 0 Å². The van der Waals surface area contributed by atoms with Gasteiger partial charge in [-0.05, 0) is 74.4 Å². The summed E-state index contributed by atoms with van der Waals surface area (Å²) >= 11 is 1.47. The van der Waals surface area contributed by atoms with Crippen LogP contribution in [-0.4, -0.2) is 40.6 Å². The molecule has 1 fully saturated rings. The molecule has 35 heavy (non-hydrogen) atoms. The molecule has 180 valence electrons. The van der Waals surface area contributed by atoms with E-state index >= 15 is 0 Å².